The highest BCUT2D eigenvalue weighted by Gasteiger charge is 2.05. The topological polar surface area (TPSA) is 76.4 Å². The van der Waals surface area contributed by atoms with Crippen LogP contribution in [0.25, 0.3) is 0 Å². The molecule has 5 heteroatoms. The van der Waals surface area contributed by atoms with Crippen LogP contribution in [-0.2, 0) is 0 Å². The van der Waals surface area contributed by atoms with E-state index >= 15 is 0 Å². The van der Waals surface area contributed by atoms with E-state index in [1.54, 1.807) is 18.2 Å². The Morgan fingerprint density at radius 3 is 2.77 bits per heavy atom. The van der Waals surface area contributed by atoms with E-state index in [2.05, 4.69) is 10.6 Å². The molecule has 0 spiro atoms. The molecule has 0 fully saturated rings. The number of carbonyl (C=O) groups excluding carboxylic acids is 1. The van der Waals surface area contributed by atoms with Gasteiger partial charge >= 0.3 is 0 Å². The molecule has 0 radical (unpaired) electrons. The van der Waals surface area contributed by atoms with Crippen LogP contribution >= 0.6 is 0 Å². The first-order chi connectivity index (χ1) is 10.7. The van der Waals surface area contributed by atoms with E-state index in [1.807, 2.05) is 37.4 Å². The van der Waals surface area contributed by atoms with Crippen molar-refractivity contribution in [3.05, 3.63) is 54.1 Å². The predicted molar refractivity (Wildman–Crippen MR) is 88.7 cm³/mol. The average molecular weight is 299 g/mol. The largest absolute Gasteiger partial charge is 0.491 e. The zero-order valence-corrected chi connectivity index (χ0v) is 12.6. The molecule has 0 unspecified atom stereocenters. The average Bonchev–Trinajstić information content (AvgIpc) is 2.53. The predicted octanol–water partition coefficient (Wildman–Crippen LogP) is 2.52. The summed E-state index contributed by atoms with van der Waals surface area (Å²) in [5.41, 5.74) is 7.42. The fourth-order valence-corrected chi connectivity index (χ4v) is 2.03. The maximum absolute atomic E-state index is 11.2. The molecule has 1 amide bonds. The third-order valence-corrected chi connectivity index (χ3v) is 3.14. The SMILES string of the molecule is CNCCCOc1ccccc1Nc1cccc(C(N)=O)c1. The lowest BCUT2D eigenvalue weighted by Gasteiger charge is -2.13. The second-order valence-corrected chi connectivity index (χ2v) is 4.87. The molecule has 2 aromatic carbocycles. The fourth-order valence-electron chi connectivity index (χ4n) is 2.03. The fraction of sp³-hybridized carbons (Fsp3) is 0.235. The first-order valence-electron chi connectivity index (χ1n) is 7.24. The van der Waals surface area contributed by atoms with Gasteiger partial charge in [0.15, 0.2) is 0 Å². The number of hydrogen-bond acceptors (Lipinski definition) is 4. The summed E-state index contributed by atoms with van der Waals surface area (Å²) in [4.78, 5) is 11.2. The number of amides is 1. The lowest BCUT2D eigenvalue weighted by atomic mass is 10.2. The number of para-hydroxylation sites is 2. The summed E-state index contributed by atoms with van der Waals surface area (Å²) in [6, 6.07) is 14.8. The highest BCUT2D eigenvalue weighted by Crippen LogP contribution is 2.27. The molecular formula is C17H21N3O2. The van der Waals surface area contributed by atoms with Gasteiger partial charge < -0.3 is 21.1 Å². The summed E-state index contributed by atoms with van der Waals surface area (Å²) in [6.07, 6.45) is 0.933. The van der Waals surface area contributed by atoms with E-state index in [9.17, 15) is 4.79 Å². The van der Waals surface area contributed by atoms with Crippen LogP contribution in [-0.4, -0.2) is 26.1 Å². The van der Waals surface area contributed by atoms with Gasteiger partial charge in [-0.1, -0.05) is 18.2 Å². The Morgan fingerprint density at radius 1 is 1.18 bits per heavy atom. The first kappa shape index (κ1) is 15.9. The van der Waals surface area contributed by atoms with E-state index in [0.29, 0.717) is 12.2 Å². The Morgan fingerprint density at radius 2 is 2.00 bits per heavy atom. The van der Waals surface area contributed by atoms with Crippen molar-refractivity contribution in [1.29, 1.82) is 0 Å². The van der Waals surface area contributed by atoms with E-state index < -0.39 is 5.91 Å². The molecule has 5 nitrogen and oxygen atoms in total. The molecular weight excluding hydrogens is 278 g/mol. The van der Waals surface area contributed by atoms with Crippen LogP contribution in [0.4, 0.5) is 11.4 Å². The zero-order valence-electron chi connectivity index (χ0n) is 12.6. The highest BCUT2D eigenvalue weighted by molar-refractivity contribution is 5.94. The summed E-state index contributed by atoms with van der Waals surface area (Å²) < 4.78 is 5.79. The number of ether oxygens (including phenoxy) is 1. The number of nitrogens with one attached hydrogen (secondary N) is 2. The number of primary amides is 1. The number of nitrogens with two attached hydrogens (primary N) is 1. The van der Waals surface area contributed by atoms with Crippen molar-refractivity contribution in [3.63, 3.8) is 0 Å². The molecule has 0 saturated heterocycles. The third-order valence-electron chi connectivity index (χ3n) is 3.14. The molecule has 116 valence electrons. The molecule has 2 rings (SSSR count). The van der Waals surface area contributed by atoms with Crippen LogP contribution in [0.3, 0.4) is 0 Å². The smallest absolute Gasteiger partial charge is 0.248 e. The molecule has 0 saturated carbocycles. The first-order valence-corrected chi connectivity index (χ1v) is 7.24. The summed E-state index contributed by atoms with van der Waals surface area (Å²) in [6.45, 7) is 1.55. The van der Waals surface area contributed by atoms with E-state index in [0.717, 1.165) is 30.1 Å². The Kier molecular flexibility index (Phi) is 5.80. The molecule has 0 atom stereocenters. The van der Waals surface area contributed by atoms with E-state index in [4.69, 9.17) is 10.5 Å². The zero-order chi connectivity index (χ0) is 15.8. The molecule has 2 aromatic rings. The summed E-state index contributed by atoms with van der Waals surface area (Å²) in [7, 11) is 1.92. The standard InChI is InChI=1S/C17H21N3O2/c1-19-10-5-11-22-16-9-3-2-8-15(16)20-14-7-4-6-13(12-14)17(18)21/h2-4,6-9,12,19-20H,5,10-11H2,1H3,(H2,18,21). The second-order valence-electron chi connectivity index (χ2n) is 4.87. The molecule has 22 heavy (non-hydrogen) atoms. The van der Waals surface area contributed by atoms with Crippen molar-refractivity contribution in [2.45, 2.75) is 6.42 Å². The minimum Gasteiger partial charge on any atom is -0.491 e. The van der Waals surface area contributed by atoms with Gasteiger partial charge in [0.05, 0.1) is 12.3 Å². The van der Waals surface area contributed by atoms with Crippen molar-refractivity contribution >= 4 is 17.3 Å². The Balaban J connectivity index is 2.09. The van der Waals surface area contributed by atoms with Gasteiger partial charge in [0, 0.05) is 11.3 Å². The number of benzene rings is 2. The summed E-state index contributed by atoms with van der Waals surface area (Å²) >= 11 is 0. The van der Waals surface area contributed by atoms with Crippen molar-refractivity contribution < 1.29 is 9.53 Å². The van der Waals surface area contributed by atoms with Gasteiger partial charge in [0.2, 0.25) is 5.91 Å². The summed E-state index contributed by atoms with van der Waals surface area (Å²) in [5, 5.41) is 6.35. The minimum absolute atomic E-state index is 0.444. The molecule has 0 aromatic heterocycles. The van der Waals surface area contributed by atoms with Gasteiger partial charge in [-0.05, 0) is 50.3 Å². The van der Waals surface area contributed by atoms with E-state index in [-0.39, 0.29) is 0 Å². The molecule has 0 heterocycles. The molecule has 0 aliphatic carbocycles. The molecule has 0 aliphatic rings. The van der Waals surface area contributed by atoms with Crippen LogP contribution in [0, 0.1) is 0 Å². The van der Waals surface area contributed by atoms with Crippen LogP contribution < -0.4 is 21.1 Å². The Labute approximate surface area is 130 Å². The molecule has 0 aliphatic heterocycles. The molecule has 0 bridgehead atoms. The van der Waals surface area contributed by atoms with Crippen molar-refractivity contribution in [1.82, 2.24) is 5.32 Å². The van der Waals surface area contributed by atoms with Gasteiger partial charge in [-0.15, -0.1) is 0 Å². The Bertz CT molecular complexity index is 629. The lowest BCUT2D eigenvalue weighted by molar-refractivity contribution is 0.100. The number of carbonyl (C=O) groups is 1. The van der Waals surface area contributed by atoms with Crippen LogP contribution in [0.2, 0.25) is 0 Å². The van der Waals surface area contributed by atoms with Gasteiger partial charge in [-0.2, -0.15) is 0 Å². The second kappa shape index (κ2) is 8.05. The monoisotopic (exact) mass is 299 g/mol. The lowest BCUT2D eigenvalue weighted by Crippen LogP contribution is -2.12. The van der Waals surface area contributed by atoms with Crippen molar-refractivity contribution in [3.8, 4) is 5.75 Å². The van der Waals surface area contributed by atoms with Crippen LogP contribution in [0.15, 0.2) is 48.5 Å². The van der Waals surface area contributed by atoms with Crippen molar-refractivity contribution in [2.24, 2.45) is 5.73 Å². The number of anilines is 2. The van der Waals surface area contributed by atoms with Gasteiger partial charge in [0.1, 0.15) is 5.75 Å². The normalized spacial score (nSPS) is 10.2. The quantitative estimate of drug-likeness (QED) is 0.655. The van der Waals surface area contributed by atoms with Crippen molar-refractivity contribution in [2.75, 3.05) is 25.5 Å². The highest BCUT2D eigenvalue weighted by atomic mass is 16.5. The van der Waals surface area contributed by atoms with Gasteiger partial charge in [0.25, 0.3) is 0 Å². The number of hydrogen-bond donors (Lipinski definition) is 3. The minimum atomic E-state index is -0.444. The molecule has 4 N–H and O–H groups in total. The maximum Gasteiger partial charge on any atom is 0.248 e. The van der Waals surface area contributed by atoms with Crippen LogP contribution in [0.5, 0.6) is 5.75 Å². The summed E-state index contributed by atoms with van der Waals surface area (Å²) in [5.74, 6) is 0.336. The maximum atomic E-state index is 11.2. The van der Waals surface area contributed by atoms with Gasteiger partial charge in [-0.3, -0.25) is 4.79 Å². The number of rotatable bonds is 8. The van der Waals surface area contributed by atoms with E-state index in [1.165, 1.54) is 0 Å². The third kappa shape index (κ3) is 4.49. The van der Waals surface area contributed by atoms with Gasteiger partial charge in [-0.25, -0.2) is 0 Å². The Hall–Kier alpha value is -2.53. The van der Waals surface area contributed by atoms with Crippen LogP contribution in [0.1, 0.15) is 16.8 Å².